The third-order valence-corrected chi connectivity index (χ3v) is 15.8. The molecule has 5 rings (SSSR count). The van der Waals surface area contributed by atoms with Crippen LogP contribution in [0.3, 0.4) is 0 Å². The summed E-state index contributed by atoms with van der Waals surface area (Å²) in [5, 5.41) is 3.46. The monoisotopic (exact) mass is 654 g/mol. The fourth-order valence-corrected chi connectivity index (χ4v) is 13.3. The number of methoxy groups -OCH3 is 1. The first kappa shape index (κ1) is 36.4. The van der Waals surface area contributed by atoms with Crippen LogP contribution in [0, 0.1) is 56.7 Å². The minimum atomic E-state index is -0.275. The molecule has 1 amide bonds. The van der Waals surface area contributed by atoms with Crippen molar-refractivity contribution in [2.75, 3.05) is 13.7 Å². The van der Waals surface area contributed by atoms with Crippen molar-refractivity contribution < 1.29 is 23.9 Å². The van der Waals surface area contributed by atoms with Gasteiger partial charge in [0.25, 0.3) is 0 Å². The van der Waals surface area contributed by atoms with Crippen molar-refractivity contribution in [3.8, 4) is 0 Å². The third-order valence-electron chi connectivity index (χ3n) is 15.8. The Balaban J connectivity index is 1.31. The van der Waals surface area contributed by atoms with Gasteiger partial charge < -0.3 is 14.8 Å². The maximum Gasteiger partial charge on any atom is 0.305 e. The zero-order valence-electron chi connectivity index (χ0n) is 31.2. The Morgan fingerprint density at radius 2 is 1.47 bits per heavy atom. The molecule has 1 N–H and O–H groups in total. The number of hydrogen-bond acceptors (Lipinski definition) is 5. The predicted octanol–water partition coefficient (Wildman–Crippen LogP) is 9.21. The molecule has 0 saturated heterocycles. The average Bonchev–Trinajstić information content (AvgIpc) is 3.41. The Kier molecular flexibility index (Phi) is 10.4. The number of amides is 1. The van der Waals surface area contributed by atoms with E-state index in [-0.39, 0.29) is 45.1 Å². The molecule has 0 aliphatic heterocycles. The normalized spacial score (nSPS) is 41.8. The number of rotatable bonds is 11. The standard InChI is InChI=1S/C41H67NO5/c1-27(2)29-18-23-41(36(45)42-26-14-12-10-11-13-15-34(44)46-9)25-24-39(7)30(35(29)41)16-17-32-38(6)21-20-33(47-28(3)43)37(4,5)31(38)19-22-40(32,39)8/h29-33,35H,1,10-26H2,2-9H3,(H,42,45)/t29-,30+,31-,32?,33-,35+,38-,39+,40+,41-/m0/s1. The van der Waals surface area contributed by atoms with E-state index >= 15 is 0 Å². The van der Waals surface area contributed by atoms with Gasteiger partial charge in [-0.25, -0.2) is 0 Å². The van der Waals surface area contributed by atoms with Crippen molar-refractivity contribution in [1.29, 1.82) is 0 Å². The molecule has 5 aliphatic rings. The number of carbonyl (C=O) groups is 3. The highest BCUT2D eigenvalue weighted by Crippen LogP contribution is 2.77. The zero-order chi connectivity index (χ0) is 34.4. The predicted molar refractivity (Wildman–Crippen MR) is 187 cm³/mol. The van der Waals surface area contributed by atoms with Crippen LogP contribution in [0.2, 0.25) is 0 Å². The summed E-state index contributed by atoms with van der Waals surface area (Å²) in [4.78, 5) is 37.7. The van der Waals surface area contributed by atoms with Gasteiger partial charge in [-0.05, 0) is 130 Å². The highest BCUT2D eigenvalue weighted by Gasteiger charge is 2.72. The fourth-order valence-electron chi connectivity index (χ4n) is 13.3. The number of nitrogens with one attached hydrogen (secondary N) is 1. The quantitative estimate of drug-likeness (QED) is 0.137. The first-order valence-corrected chi connectivity index (χ1v) is 19.3. The lowest BCUT2D eigenvalue weighted by Gasteiger charge is -2.72. The summed E-state index contributed by atoms with van der Waals surface area (Å²) in [5.41, 5.74) is 1.62. The smallest absolute Gasteiger partial charge is 0.305 e. The third kappa shape index (κ3) is 6.02. The number of carbonyl (C=O) groups excluding carboxylic acids is 3. The minimum absolute atomic E-state index is 0.00421. The molecule has 6 heteroatoms. The molecule has 0 bridgehead atoms. The van der Waals surface area contributed by atoms with Crippen molar-refractivity contribution >= 4 is 17.8 Å². The lowest BCUT2D eigenvalue weighted by atomic mass is 9.32. The van der Waals surface area contributed by atoms with E-state index in [0.717, 1.165) is 77.2 Å². The molecule has 5 fully saturated rings. The van der Waals surface area contributed by atoms with Gasteiger partial charge in [-0.3, -0.25) is 14.4 Å². The number of esters is 2. The molecule has 5 aliphatic carbocycles. The lowest BCUT2D eigenvalue weighted by Crippen LogP contribution is -2.67. The number of unbranched alkanes of at least 4 members (excludes halogenated alkanes) is 4. The van der Waals surface area contributed by atoms with Gasteiger partial charge in [-0.1, -0.05) is 66.0 Å². The van der Waals surface area contributed by atoms with Gasteiger partial charge >= 0.3 is 11.9 Å². The molecule has 0 spiro atoms. The second-order valence-corrected chi connectivity index (χ2v) is 18.1. The molecule has 5 saturated carbocycles. The Labute approximate surface area is 286 Å². The number of fused-ring (bicyclic) bond motifs is 7. The summed E-state index contributed by atoms with van der Waals surface area (Å²) in [6, 6.07) is 0. The molecule has 1 unspecified atom stereocenters. The van der Waals surface area contributed by atoms with E-state index in [1.54, 1.807) is 6.92 Å². The topological polar surface area (TPSA) is 81.7 Å². The van der Waals surface area contributed by atoms with Crippen LogP contribution < -0.4 is 5.32 Å². The van der Waals surface area contributed by atoms with Crippen molar-refractivity contribution in [3.05, 3.63) is 12.2 Å². The summed E-state index contributed by atoms with van der Waals surface area (Å²) >= 11 is 0. The maximum absolute atomic E-state index is 14.3. The molecule has 0 heterocycles. The van der Waals surface area contributed by atoms with Crippen molar-refractivity contribution in [2.45, 2.75) is 157 Å². The zero-order valence-corrected chi connectivity index (χ0v) is 31.2. The highest BCUT2D eigenvalue weighted by molar-refractivity contribution is 5.84. The van der Waals surface area contributed by atoms with E-state index in [9.17, 15) is 14.4 Å². The van der Waals surface area contributed by atoms with Gasteiger partial charge in [0.15, 0.2) is 0 Å². The molecular weight excluding hydrogens is 586 g/mol. The van der Waals surface area contributed by atoms with Gasteiger partial charge in [0, 0.05) is 25.3 Å². The van der Waals surface area contributed by atoms with Crippen molar-refractivity contribution in [3.63, 3.8) is 0 Å². The van der Waals surface area contributed by atoms with Crippen LogP contribution in [0.25, 0.3) is 0 Å². The Bertz CT molecular complexity index is 1210. The molecule has 0 radical (unpaired) electrons. The van der Waals surface area contributed by atoms with Crippen molar-refractivity contribution in [1.82, 2.24) is 5.32 Å². The van der Waals surface area contributed by atoms with Gasteiger partial charge in [0.05, 0.1) is 12.5 Å². The first-order chi connectivity index (χ1) is 22.1. The molecule has 0 aromatic rings. The van der Waals surface area contributed by atoms with Crippen LogP contribution in [-0.2, 0) is 23.9 Å². The largest absolute Gasteiger partial charge is 0.469 e. The first-order valence-electron chi connectivity index (χ1n) is 19.3. The maximum atomic E-state index is 14.3. The lowest BCUT2D eigenvalue weighted by molar-refractivity contribution is -0.248. The van der Waals surface area contributed by atoms with E-state index in [1.165, 1.54) is 38.4 Å². The van der Waals surface area contributed by atoms with Crippen LogP contribution in [0.4, 0.5) is 0 Å². The molecule has 47 heavy (non-hydrogen) atoms. The van der Waals surface area contributed by atoms with Crippen LogP contribution in [-0.4, -0.2) is 37.6 Å². The molecule has 0 aromatic carbocycles. The van der Waals surface area contributed by atoms with Gasteiger partial charge in [0.2, 0.25) is 5.91 Å². The van der Waals surface area contributed by atoms with E-state index in [1.807, 2.05) is 0 Å². The average molecular weight is 654 g/mol. The van der Waals surface area contributed by atoms with E-state index in [2.05, 4.69) is 53.4 Å². The van der Waals surface area contributed by atoms with Crippen LogP contribution in [0.1, 0.15) is 151 Å². The van der Waals surface area contributed by atoms with E-state index < -0.39 is 0 Å². The number of allylic oxidation sites excluding steroid dienone is 1. The van der Waals surface area contributed by atoms with E-state index in [0.29, 0.717) is 41.9 Å². The number of hydrogen-bond donors (Lipinski definition) is 1. The highest BCUT2D eigenvalue weighted by atomic mass is 16.5. The summed E-state index contributed by atoms with van der Waals surface area (Å²) in [5.74, 6) is 2.55. The van der Waals surface area contributed by atoms with Crippen LogP contribution in [0.5, 0.6) is 0 Å². The van der Waals surface area contributed by atoms with Crippen molar-refractivity contribution in [2.24, 2.45) is 56.7 Å². The van der Waals surface area contributed by atoms with Gasteiger partial charge in [-0.2, -0.15) is 0 Å². The minimum Gasteiger partial charge on any atom is -0.469 e. The molecular formula is C41H67NO5. The Morgan fingerprint density at radius 1 is 0.766 bits per heavy atom. The fraction of sp³-hybridized carbons (Fsp3) is 0.878. The SMILES string of the molecule is C=C(C)[C@@H]1CC[C@]2(C(=O)NCCCCCCCC(=O)OC)CC[C@]3(C)[C@H](CCC4[C@@]5(C)CC[C@H](OC(C)=O)C(C)(C)[C@@H]5CC[C@]43C)[C@@H]12. The Morgan fingerprint density at radius 3 is 2.15 bits per heavy atom. The van der Waals surface area contributed by atoms with E-state index in [4.69, 9.17) is 9.47 Å². The second kappa shape index (κ2) is 13.5. The summed E-state index contributed by atoms with van der Waals surface area (Å²) < 4.78 is 10.7. The summed E-state index contributed by atoms with van der Waals surface area (Å²) in [6.07, 6.45) is 16.7. The molecule has 0 aromatic heterocycles. The van der Waals surface area contributed by atoms with Gasteiger partial charge in [0.1, 0.15) is 6.10 Å². The summed E-state index contributed by atoms with van der Waals surface area (Å²) in [7, 11) is 1.45. The molecule has 10 atom stereocenters. The molecule has 266 valence electrons. The molecule has 6 nitrogen and oxygen atoms in total. The number of ether oxygens (including phenoxy) is 2. The second-order valence-electron chi connectivity index (χ2n) is 18.1. The summed E-state index contributed by atoms with van der Waals surface area (Å²) in [6.45, 7) is 21.7. The van der Waals surface area contributed by atoms with Crippen LogP contribution in [0.15, 0.2) is 12.2 Å². The Hall–Kier alpha value is -1.85. The van der Waals surface area contributed by atoms with Crippen LogP contribution >= 0.6 is 0 Å². The van der Waals surface area contributed by atoms with Gasteiger partial charge in [-0.15, -0.1) is 0 Å².